The van der Waals surface area contributed by atoms with Gasteiger partial charge in [-0.15, -0.1) is 0 Å². The van der Waals surface area contributed by atoms with Crippen LogP contribution in [-0.4, -0.2) is 36.4 Å². The van der Waals surface area contributed by atoms with Crippen LogP contribution in [0.5, 0.6) is 0 Å². The first kappa shape index (κ1) is 14.8. The third kappa shape index (κ3) is 4.93. The summed E-state index contributed by atoms with van der Waals surface area (Å²) in [6, 6.07) is 3.55. The number of carbonyl (C=O) groups is 1. The van der Waals surface area contributed by atoms with Gasteiger partial charge in [0.25, 0.3) is 0 Å². The zero-order valence-electron chi connectivity index (χ0n) is 10.7. The van der Waals surface area contributed by atoms with Crippen molar-refractivity contribution in [3.8, 4) is 0 Å². The third-order valence-electron chi connectivity index (χ3n) is 2.28. The number of rotatable bonds is 7. The zero-order valence-corrected chi connectivity index (χ0v) is 11.5. The SMILES string of the molecule is COCCCNC(=O)C(C)Sc1ncccc1N. The first-order chi connectivity index (χ1) is 8.65. The van der Waals surface area contributed by atoms with Gasteiger partial charge < -0.3 is 15.8 Å². The maximum absolute atomic E-state index is 11.8. The molecule has 0 saturated carbocycles. The molecule has 1 aromatic rings. The number of pyridine rings is 1. The molecule has 0 spiro atoms. The molecule has 18 heavy (non-hydrogen) atoms. The molecule has 0 aromatic carbocycles. The van der Waals surface area contributed by atoms with Gasteiger partial charge in [0.1, 0.15) is 5.03 Å². The summed E-state index contributed by atoms with van der Waals surface area (Å²) in [6.45, 7) is 3.11. The highest BCUT2D eigenvalue weighted by atomic mass is 32.2. The predicted octanol–water partition coefficient (Wildman–Crippen LogP) is 1.30. The van der Waals surface area contributed by atoms with Crippen LogP contribution in [0.4, 0.5) is 5.69 Å². The first-order valence-electron chi connectivity index (χ1n) is 5.79. The standard InChI is InChI=1S/C12H19N3O2S/c1-9(11(16)14-7-4-8-17-2)18-12-10(13)5-3-6-15-12/h3,5-6,9H,4,7-8,13H2,1-2H3,(H,14,16). The van der Waals surface area contributed by atoms with E-state index in [1.165, 1.54) is 11.8 Å². The van der Waals surface area contributed by atoms with Gasteiger partial charge in [-0.3, -0.25) is 4.79 Å². The number of anilines is 1. The van der Waals surface area contributed by atoms with Gasteiger partial charge >= 0.3 is 0 Å². The lowest BCUT2D eigenvalue weighted by Gasteiger charge is -2.12. The van der Waals surface area contributed by atoms with Crippen LogP contribution >= 0.6 is 11.8 Å². The number of amides is 1. The number of ether oxygens (including phenoxy) is 1. The van der Waals surface area contributed by atoms with Crippen LogP contribution in [-0.2, 0) is 9.53 Å². The van der Waals surface area contributed by atoms with E-state index in [-0.39, 0.29) is 11.2 Å². The Bertz CT molecular complexity index is 387. The Hall–Kier alpha value is -1.27. The number of thioether (sulfide) groups is 1. The van der Waals surface area contributed by atoms with Crippen molar-refractivity contribution in [2.45, 2.75) is 23.6 Å². The third-order valence-corrected chi connectivity index (χ3v) is 3.41. The Labute approximate surface area is 111 Å². The van der Waals surface area contributed by atoms with E-state index in [4.69, 9.17) is 10.5 Å². The molecule has 3 N–H and O–H groups in total. The van der Waals surface area contributed by atoms with E-state index in [0.29, 0.717) is 23.9 Å². The molecule has 1 amide bonds. The summed E-state index contributed by atoms with van der Waals surface area (Å²) in [5, 5.41) is 3.32. The zero-order chi connectivity index (χ0) is 13.4. The largest absolute Gasteiger partial charge is 0.397 e. The molecule has 0 saturated heterocycles. The van der Waals surface area contributed by atoms with Crippen molar-refractivity contribution in [1.29, 1.82) is 0 Å². The number of aromatic nitrogens is 1. The molecule has 5 nitrogen and oxygen atoms in total. The molecule has 0 aliphatic heterocycles. The van der Waals surface area contributed by atoms with Crippen LogP contribution in [0.25, 0.3) is 0 Å². The molecule has 0 aliphatic carbocycles. The molecule has 0 fully saturated rings. The Morgan fingerprint density at radius 3 is 3.11 bits per heavy atom. The highest BCUT2D eigenvalue weighted by Crippen LogP contribution is 2.25. The van der Waals surface area contributed by atoms with Crippen molar-refractivity contribution in [3.05, 3.63) is 18.3 Å². The molecule has 1 unspecified atom stereocenters. The van der Waals surface area contributed by atoms with Gasteiger partial charge in [-0.05, 0) is 25.5 Å². The van der Waals surface area contributed by atoms with Crippen LogP contribution in [0, 0.1) is 0 Å². The Morgan fingerprint density at radius 1 is 1.67 bits per heavy atom. The van der Waals surface area contributed by atoms with Crippen LogP contribution < -0.4 is 11.1 Å². The average Bonchev–Trinajstić information content (AvgIpc) is 2.37. The van der Waals surface area contributed by atoms with E-state index in [9.17, 15) is 4.79 Å². The second-order valence-electron chi connectivity index (χ2n) is 3.80. The number of hydrogen-bond acceptors (Lipinski definition) is 5. The van der Waals surface area contributed by atoms with Crippen LogP contribution in [0.1, 0.15) is 13.3 Å². The monoisotopic (exact) mass is 269 g/mol. The number of methoxy groups -OCH3 is 1. The molecule has 1 heterocycles. The highest BCUT2D eigenvalue weighted by molar-refractivity contribution is 8.00. The molecule has 0 radical (unpaired) electrons. The summed E-state index contributed by atoms with van der Waals surface area (Å²) in [5.41, 5.74) is 6.38. The predicted molar refractivity (Wildman–Crippen MR) is 73.5 cm³/mol. The minimum atomic E-state index is -0.218. The van der Waals surface area contributed by atoms with Crippen LogP contribution in [0.15, 0.2) is 23.4 Å². The summed E-state index contributed by atoms with van der Waals surface area (Å²) in [4.78, 5) is 15.9. The summed E-state index contributed by atoms with van der Waals surface area (Å²) in [5.74, 6) is -0.0128. The quantitative estimate of drug-likeness (QED) is 0.576. The number of carbonyl (C=O) groups excluding carboxylic acids is 1. The lowest BCUT2D eigenvalue weighted by molar-refractivity contribution is -0.120. The van der Waals surface area contributed by atoms with E-state index in [1.54, 1.807) is 25.4 Å². The van der Waals surface area contributed by atoms with E-state index < -0.39 is 0 Å². The number of nitrogens with one attached hydrogen (secondary N) is 1. The number of nitrogens with zero attached hydrogens (tertiary/aromatic N) is 1. The topological polar surface area (TPSA) is 77.2 Å². The molecule has 0 bridgehead atoms. The second-order valence-corrected chi connectivity index (χ2v) is 5.12. The lowest BCUT2D eigenvalue weighted by atomic mass is 10.4. The Balaban J connectivity index is 2.38. The molecule has 0 aliphatic rings. The minimum Gasteiger partial charge on any atom is -0.397 e. The van der Waals surface area contributed by atoms with Gasteiger partial charge in [0, 0.05) is 26.5 Å². The van der Waals surface area contributed by atoms with Gasteiger partial charge in [-0.2, -0.15) is 0 Å². The average molecular weight is 269 g/mol. The van der Waals surface area contributed by atoms with Crippen LogP contribution in [0.2, 0.25) is 0 Å². The van der Waals surface area contributed by atoms with Gasteiger partial charge in [0.2, 0.25) is 5.91 Å². The Kier molecular flexibility index (Phi) is 6.53. The summed E-state index contributed by atoms with van der Waals surface area (Å²) in [6.07, 6.45) is 2.48. The summed E-state index contributed by atoms with van der Waals surface area (Å²) >= 11 is 1.36. The fraction of sp³-hybridized carbons (Fsp3) is 0.500. The second kappa shape index (κ2) is 7.94. The summed E-state index contributed by atoms with van der Waals surface area (Å²) < 4.78 is 4.91. The van der Waals surface area contributed by atoms with E-state index in [0.717, 1.165) is 6.42 Å². The van der Waals surface area contributed by atoms with Crippen molar-refractivity contribution >= 4 is 23.4 Å². The van der Waals surface area contributed by atoms with Gasteiger partial charge in [0.05, 0.1) is 10.9 Å². The molecule has 1 aromatic heterocycles. The molecule has 1 rings (SSSR count). The summed E-state index contributed by atoms with van der Waals surface area (Å²) in [7, 11) is 1.64. The maximum atomic E-state index is 11.8. The van der Waals surface area contributed by atoms with Crippen molar-refractivity contribution < 1.29 is 9.53 Å². The number of hydrogen-bond donors (Lipinski definition) is 2. The number of nitrogen functional groups attached to an aromatic ring is 1. The van der Waals surface area contributed by atoms with Crippen molar-refractivity contribution in [3.63, 3.8) is 0 Å². The smallest absolute Gasteiger partial charge is 0.233 e. The van der Waals surface area contributed by atoms with E-state index >= 15 is 0 Å². The fourth-order valence-electron chi connectivity index (χ4n) is 1.29. The molecule has 100 valence electrons. The van der Waals surface area contributed by atoms with E-state index in [2.05, 4.69) is 10.3 Å². The molecular formula is C12H19N3O2S. The first-order valence-corrected chi connectivity index (χ1v) is 6.67. The van der Waals surface area contributed by atoms with Gasteiger partial charge in [-0.1, -0.05) is 11.8 Å². The van der Waals surface area contributed by atoms with Crippen molar-refractivity contribution in [2.75, 3.05) is 26.0 Å². The number of nitrogens with two attached hydrogens (primary N) is 1. The lowest BCUT2D eigenvalue weighted by Crippen LogP contribution is -2.32. The van der Waals surface area contributed by atoms with Crippen molar-refractivity contribution in [1.82, 2.24) is 10.3 Å². The van der Waals surface area contributed by atoms with Gasteiger partial charge in [-0.25, -0.2) is 4.98 Å². The molecule has 1 atom stereocenters. The highest BCUT2D eigenvalue weighted by Gasteiger charge is 2.15. The van der Waals surface area contributed by atoms with E-state index in [1.807, 2.05) is 6.92 Å². The van der Waals surface area contributed by atoms with Crippen LogP contribution in [0.3, 0.4) is 0 Å². The maximum Gasteiger partial charge on any atom is 0.233 e. The molecule has 6 heteroatoms. The van der Waals surface area contributed by atoms with Gasteiger partial charge in [0.15, 0.2) is 0 Å². The normalized spacial score (nSPS) is 12.1. The van der Waals surface area contributed by atoms with Crippen molar-refractivity contribution in [2.24, 2.45) is 0 Å². The Morgan fingerprint density at radius 2 is 2.44 bits per heavy atom. The minimum absolute atomic E-state index is 0.0128. The molecular weight excluding hydrogens is 250 g/mol. The fourth-order valence-corrected chi connectivity index (χ4v) is 2.15.